The lowest BCUT2D eigenvalue weighted by molar-refractivity contribution is -0.169. The summed E-state index contributed by atoms with van der Waals surface area (Å²) in [5, 5.41) is 27.1. The zero-order chi connectivity index (χ0) is 47.9. The van der Waals surface area contributed by atoms with Crippen molar-refractivity contribution in [2.45, 2.75) is 150 Å². The fraction of sp³-hybridized carbons (Fsp3) is 0.652. The maximum absolute atomic E-state index is 14.7. The lowest BCUT2D eigenvalue weighted by atomic mass is 9.96. The molecule has 1 aromatic heterocycles. The van der Waals surface area contributed by atoms with Gasteiger partial charge >= 0.3 is 11.9 Å². The van der Waals surface area contributed by atoms with Gasteiger partial charge in [-0.2, -0.15) is 5.26 Å². The number of carbonyl (C=O) groups excluding carboxylic acids is 6. The van der Waals surface area contributed by atoms with Crippen molar-refractivity contribution in [1.82, 2.24) is 25.3 Å². The number of carboxylic acid groups (broad SMARTS) is 1. The molecule has 63 heavy (non-hydrogen) atoms. The van der Waals surface area contributed by atoms with Crippen molar-refractivity contribution in [2.75, 3.05) is 21.1 Å². The minimum absolute atomic E-state index is 0.0120. The van der Waals surface area contributed by atoms with Crippen LogP contribution in [-0.4, -0.2) is 125 Å². The summed E-state index contributed by atoms with van der Waals surface area (Å²) in [7, 11) is 4.38. The number of nitriles is 1. The minimum atomic E-state index is -1.59. The number of nitrogens with zero attached hydrogens (tertiary/aromatic N) is 4. The monoisotopic (exact) mass is 898 g/mol. The van der Waals surface area contributed by atoms with E-state index in [2.05, 4.69) is 10.6 Å². The van der Waals surface area contributed by atoms with E-state index in [-0.39, 0.29) is 61.7 Å². The van der Waals surface area contributed by atoms with Crippen LogP contribution in [0.1, 0.15) is 106 Å². The van der Waals surface area contributed by atoms with Crippen molar-refractivity contribution < 1.29 is 43.4 Å². The Hall–Kier alpha value is -5.08. The molecule has 0 aliphatic carbocycles. The third-order valence-electron chi connectivity index (χ3n) is 10.9. The number of likely N-dealkylation sites (N-methyl/N-ethyl adjacent to an activating group) is 3. The highest BCUT2D eigenvalue weighted by molar-refractivity contribution is 7.17. The Labute approximate surface area is 377 Å². The average Bonchev–Trinajstić information content (AvgIpc) is 3.62. The Morgan fingerprint density at radius 2 is 1.22 bits per heavy atom. The van der Waals surface area contributed by atoms with E-state index in [1.807, 2.05) is 91.1 Å². The Kier molecular flexibility index (Phi) is 21.7. The molecular formula is C46H71N7O9S. The highest BCUT2D eigenvalue weighted by Crippen LogP contribution is 2.28. The standard InChI is InChI=1S/C46H71N7O9S/c1-26(2)20-33(48)42(56)52(11)36(23-29(7)8)40(54)50-35(22-28(5)6)44(58)53(12)37(24-31-25-63-39-18-14-13-16-32(31)39)41(55)49-34(21-27(3)4)43(57)51(10)30(9)46(61)62-38(45(59)60)17-15-19-47/h13-14,16,18,25-30,33-38H,15,17,20-24,48H2,1-12H3,(H,49,55)(H,50,54)(H,59,60)/t30-,33-,34-,35-,36-,37-,38+/m0/s1. The van der Waals surface area contributed by atoms with Crippen LogP contribution in [-0.2, 0) is 44.7 Å². The van der Waals surface area contributed by atoms with Gasteiger partial charge in [-0.3, -0.25) is 24.0 Å². The van der Waals surface area contributed by atoms with Gasteiger partial charge in [0.05, 0.1) is 12.1 Å². The summed E-state index contributed by atoms with van der Waals surface area (Å²) in [4.78, 5) is 99.8. The molecular weight excluding hydrogens is 827 g/mol. The summed E-state index contributed by atoms with van der Waals surface area (Å²) in [6, 6.07) is 3.05. The first-order valence-electron chi connectivity index (χ1n) is 21.8. The molecule has 0 saturated heterocycles. The number of nitrogens with two attached hydrogens (primary N) is 1. The average molecular weight is 898 g/mol. The molecule has 5 N–H and O–H groups in total. The normalized spacial score (nSPS) is 14.9. The van der Waals surface area contributed by atoms with Crippen molar-refractivity contribution in [3.8, 4) is 6.07 Å². The van der Waals surface area contributed by atoms with Gasteiger partial charge < -0.3 is 40.9 Å². The molecule has 0 unspecified atom stereocenters. The number of carbonyl (C=O) groups is 7. The fourth-order valence-corrected chi connectivity index (χ4v) is 8.27. The van der Waals surface area contributed by atoms with Gasteiger partial charge in [-0.1, -0.05) is 73.6 Å². The van der Waals surface area contributed by atoms with E-state index in [0.717, 1.165) is 20.5 Å². The first kappa shape index (κ1) is 54.1. The quantitative estimate of drug-likeness (QED) is 0.0996. The molecule has 1 aromatic carbocycles. The van der Waals surface area contributed by atoms with E-state index >= 15 is 0 Å². The zero-order valence-electron chi connectivity index (χ0n) is 39.2. The van der Waals surface area contributed by atoms with Crippen LogP contribution in [0.2, 0.25) is 0 Å². The highest BCUT2D eigenvalue weighted by Gasteiger charge is 2.39. The fourth-order valence-electron chi connectivity index (χ4n) is 7.30. The molecule has 0 aliphatic rings. The molecule has 350 valence electrons. The van der Waals surface area contributed by atoms with Crippen molar-refractivity contribution in [3.63, 3.8) is 0 Å². The van der Waals surface area contributed by atoms with Crippen LogP contribution in [0.15, 0.2) is 29.6 Å². The third-order valence-corrected chi connectivity index (χ3v) is 11.9. The Balaban J connectivity index is 2.56. The summed E-state index contributed by atoms with van der Waals surface area (Å²) in [5.74, 6) is -5.20. The largest absolute Gasteiger partial charge is 0.479 e. The van der Waals surface area contributed by atoms with E-state index in [9.17, 15) is 38.7 Å². The Bertz CT molecular complexity index is 1930. The van der Waals surface area contributed by atoms with Crippen LogP contribution in [0, 0.1) is 35.0 Å². The number of fused-ring (bicyclic) bond motifs is 1. The van der Waals surface area contributed by atoms with E-state index in [1.165, 1.54) is 42.2 Å². The van der Waals surface area contributed by atoms with Crippen LogP contribution < -0.4 is 16.4 Å². The van der Waals surface area contributed by atoms with E-state index in [0.29, 0.717) is 12.8 Å². The van der Waals surface area contributed by atoms with E-state index in [1.54, 1.807) is 7.05 Å². The Morgan fingerprint density at radius 3 is 1.73 bits per heavy atom. The van der Waals surface area contributed by atoms with Gasteiger partial charge in [0.25, 0.3) is 0 Å². The second-order valence-electron chi connectivity index (χ2n) is 18.2. The summed E-state index contributed by atoms with van der Waals surface area (Å²) in [5.41, 5.74) is 7.06. The number of rotatable bonds is 25. The number of esters is 1. The Morgan fingerprint density at radius 1 is 0.730 bits per heavy atom. The summed E-state index contributed by atoms with van der Waals surface area (Å²) in [6.45, 7) is 16.7. The summed E-state index contributed by atoms with van der Waals surface area (Å²) >= 11 is 1.49. The molecule has 0 spiro atoms. The lowest BCUT2D eigenvalue weighted by Crippen LogP contribution is -2.60. The number of thiophene rings is 1. The van der Waals surface area contributed by atoms with Crippen molar-refractivity contribution >= 4 is 62.9 Å². The summed E-state index contributed by atoms with van der Waals surface area (Å²) < 4.78 is 6.14. The van der Waals surface area contributed by atoms with E-state index < -0.39 is 77.9 Å². The second-order valence-corrected chi connectivity index (χ2v) is 19.1. The smallest absolute Gasteiger partial charge is 0.345 e. The molecule has 2 aromatic rings. The number of hydrogen-bond acceptors (Lipinski definition) is 11. The maximum Gasteiger partial charge on any atom is 0.345 e. The first-order chi connectivity index (χ1) is 29.4. The molecule has 7 atom stereocenters. The van der Waals surface area contributed by atoms with Crippen molar-refractivity contribution in [1.29, 1.82) is 5.26 Å². The van der Waals surface area contributed by atoms with Gasteiger partial charge in [0.2, 0.25) is 29.5 Å². The topological polar surface area (TPSA) is 233 Å². The number of benzene rings is 1. The van der Waals surface area contributed by atoms with Crippen LogP contribution >= 0.6 is 11.3 Å². The van der Waals surface area contributed by atoms with Gasteiger partial charge in [0.1, 0.15) is 30.2 Å². The molecule has 16 nitrogen and oxygen atoms in total. The first-order valence-corrected chi connectivity index (χ1v) is 22.7. The number of carboxylic acids is 1. The zero-order valence-corrected chi connectivity index (χ0v) is 40.0. The molecule has 0 saturated carbocycles. The van der Waals surface area contributed by atoms with Crippen LogP contribution in [0.4, 0.5) is 0 Å². The number of aliphatic carboxylic acids is 1. The number of ether oxygens (including phenoxy) is 1. The van der Waals surface area contributed by atoms with Gasteiger partial charge in [0, 0.05) is 45.1 Å². The summed E-state index contributed by atoms with van der Waals surface area (Å²) in [6.07, 6.45) is -0.802. The highest BCUT2D eigenvalue weighted by atomic mass is 32.1. The van der Waals surface area contributed by atoms with E-state index in [4.69, 9.17) is 15.7 Å². The molecule has 0 fully saturated rings. The minimum Gasteiger partial charge on any atom is -0.479 e. The van der Waals surface area contributed by atoms with Gasteiger partial charge in [-0.15, -0.1) is 11.3 Å². The molecule has 0 bridgehead atoms. The van der Waals surface area contributed by atoms with Gasteiger partial charge in [0.15, 0.2) is 6.10 Å². The van der Waals surface area contributed by atoms with Crippen molar-refractivity contribution in [2.24, 2.45) is 29.4 Å². The van der Waals surface area contributed by atoms with Crippen LogP contribution in [0.3, 0.4) is 0 Å². The van der Waals surface area contributed by atoms with Gasteiger partial charge in [-0.25, -0.2) is 9.59 Å². The second kappa shape index (κ2) is 25.3. The van der Waals surface area contributed by atoms with Crippen LogP contribution in [0.5, 0.6) is 0 Å². The predicted octanol–water partition coefficient (Wildman–Crippen LogP) is 4.73. The molecule has 0 radical (unpaired) electrons. The lowest BCUT2D eigenvalue weighted by Gasteiger charge is -2.35. The number of nitrogens with one attached hydrogen (secondary N) is 2. The molecule has 2 rings (SSSR count). The SMILES string of the molecule is CC(C)C[C@H](NC(=O)[C@H](Cc1csc2ccccc12)N(C)C(=O)[C@H](CC(C)C)NC(=O)[C@H](CC(C)C)N(C)C(=O)[C@@H](N)CC(C)C)C(=O)N(C)[C@@H](C)C(=O)O[C@H](CCC#N)C(=O)O. The number of hydrogen-bond donors (Lipinski definition) is 4. The molecule has 1 heterocycles. The molecule has 0 aliphatic heterocycles. The molecule has 17 heteroatoms. The maximum atomic E-state index is 14.7. The van der Waals surface area contributed by atoms with Crippen molar-refractivity contribution in [3.05, 3.63) is 35.2 Å². The van der Waals surface area contributed by atoms with Crippen LogP contribution in [0.25, 0.3) is 10.1 Å². The number of amides is 5. The predicted molar refractivity (Wildman–Crippen MR) is 243 cm³/mol. The molecule has 5 amide bonds. The third kappa shape index (κ3) is 16.2. The van der Waals surface area contributed by atoms with Gasteiger partial charge in [-0.05, 0) is 78.7 Å².